The van der Waals surface area contributed by atoms with Crippen LogP contribution in [-0.4, -0.2) is 38.2 Å². The zero-order valence-corrected chi connectivity index (χ0v) is 17.2. The van der Waals surface area contributed by atoms with Crippen LogP contribution in [-0.2, 0) is 11.3 Å². The van der Waals surface area contributed by atoms with E-state index in [9.17, 15) is 0 Å². The second-order valence-corrected chi connectivity index (χ2v) is 9.12. The molecular weight excluding hydrogens is 376 g/mol. The molecule has 2 aromatic rings. The molecule has 2 aliphatic heterocycles. The Morgan fingerprint density at radius 2 is 1.85 bits per heavy atom. The molecule has 1 fully saturated rings. The van der Waals surface area contributed by atoms with Gasteiger partial charge in [-0.2, -0.15) is 10.9 Å². The van der Waals surface area contributed by atoms with Crippen LogP contribution in [0.15, 0.2) is 76.1 Å². The molecule has 0 aliphatic carbocycles. The summed E-state index contributed by atoms with van der Waals surface area (Å²) in [4.78, 5) is 6.41. The van der Waals surface area contributed by atoms with Gasteiger partial charge in [-0.1, -0.05) is 35.9 Å². The summed E-state index contributed by atoms with van der Waals surface area (Å²) in [5, 5.41) is 5.34. The summed E-state index contributed by atoms with van der Waals surface area (Å²) in [6.45, 7) is 5.19. The lowest BCUT2D eigenvalue weighted by atomic mass is 10.2. The van der Waals surface area contributed by atoms with E-state index in [1.165, 1.54) is 16.1 Å². The van der Waals surface area contributed by atoms with E-state index in [1.807, 2.05) is 12.1 Å². The minimum Gasteiger partial charge on any atom is -0.496 e. The van der Waals surface area contributed by atoms with E-state index in [0.717, 1.165) is 43.5 Å². The van der Waals surface area contributed by atoms with Gasteiger partial charge in [0.2, 0.25) is 0 Å². The molecule has 2 heterocycles. The van der Waals surface area contributed by atoms with Crippen molar-refractivity contribution in [3.8, 4) is 0 Å². The van der Waals surface area contributed by atoms with Gasteiger partial charge in [0, 0.05) is 48.8 Å². The zero-order valence-electron chi connectivity index (χ0n) is 15.5. The summed E-state index contributed by atoms with van der Waals surface area (Å²) in [5.41, 5.74) is 2.65. The fourth-order valence-corrected chi connectivity index (χ4v) is 5.70. The van der Waals surface area contributed by atoms with Crippen molar-refractivity contribution in [3.05, 3.63) is 81.8 Å². The lowest BCUT2D eigenvalue weighted by Gasteiger charge is -2.36. The highest BCUT2D eigenvalue weighted by molar-refractivity contribution is 8.22. The predicted octanol–water partition coefficient (Wildman–Crippen LogP) is 5.04. The molecular formula is C22H25ClN2OS. The summed E-state index contributed by atoms with van der Waals surface area (Å²) >= 11 is 6.15. The lowest BCUT2D eigenvalue weighted by molar-refractivity contribution is 0.248. The van der Waals surface area contributed by atoms with Gasteiger partial charge < -0.3 is 9.64 Å². The first-order valence-corrected chi connectivity index (χ1v) is 11.1. The van der Waals surface area contributed by atoms with Crippen LogP contribution in [0.3, 0.4) is 0 Å². The highest BCUT2D eigenvalue weighted by Crippen LogP contribution is 2.46. The van der Waals surface area contributed by atoms with Crippen molar-refractivity contribution < 1.29 is 4.74 Å². The molecule has 0 spiro atoms. The summed E-state index contributed by atoms with van der Waals surface area (Å²) < 4.78 is 5.38. The number of piperazine rings is 1. The second-order valence-electron chi connectivity index (χ2n) is 6.83. The highest BCUT2D eigenvalue weighted by Gasteiger charge is 2.19. The average molecular weight is 401 g/mol. The molecule has 0 saturated carbocycles. The molecule has 3 nitrogen and oxygen atoms in total. The van der Waals surface area contributed by atoms with Crippen LogP contribution in [0.5, 0.6) is 0 Å². The van der Waals surface area contributed by atoms with E-state index < -0.39 is 10.9 Å². The monoisotopic (exact) mass is 400 g/mol. The van der Waals surface area contributed by atoms with Gasteiger partial charge in [-0.05, 0) is 46.2 Å². The molecule has 1 atom stereocenters. The number of anilines is 1. The number of allylic oxidation sites excluding steroid dienone is 1. The number of halogens is 1. The number of hydrogen-bond donors (Lipinski definition) is 1. The summed E-state index contributed by atoms with van der Waals surface area (Å²) in [5.74, 6) is 0.978. The van der Waals surface area contributed by atoms with E-state index in [0.29, 0.717) is 0 Å². The van der Waals surface area contributed by atoms with E-state index >= 15 is 0 Å². The van der Waals surface area contributed by atoms with Crippen LogP contribution >= 0.6 is 22.5 Å². The van der Waals surface area contributed by atoms with Gasteiger partial charge >= 0.3 is 0 Å². The van der Waals surface area contributed by atoms with Gasteiger partial charge in [0.1, 0.15) is 5.76 Å². The summed E-state index contributed by atoms with van der Waals surface area (Å²) in [6, 6.07) is 17.0. The Morgan fingerprint density at radius 3 is 2.59 bits per heavy atom. The van der Waals surface area contributed by atoms with Crippen molar-refractivity contribution in [2.75, 3.05) is 38.2 Å². The zero-order chi connectivity index (χ0) is 18.6. The molecule has 2 aromatic carbocycles. The Morgan fingerprint density at radius 1 is 1.04 bits per heavy atom. The van der Waals surface area contributed by atoms with E-state index in [-0.39, 0.29) is 0 Å². The lowest BCUT2D eigenvalue weighted by Crippen LogP contribution is -2.46. The third kappa shape index (κ3) is 4.34. The van der Waals surface area contributed by atoms with Crippen LogP contribution in [0.25, 0.3) is 0 Å². The number of ether oxygens (including phenoxy) is 1. The molecule has 1 unspecified atom stereocenters. The van der Waals surface area contributed by atoms with Crippen molar-refractivity contribution >= 4 is 28.2 Å². The van der Waals surface area contributed by atoms with Gasteiger partial charge in [0.15, 0.2) is 0 Å². The fourth-order valence-electron chi connectivity index (χ4n) is 3.62. The molecule has 27 heavy (non-hydrogen) atoms. The molecule has 0 aromatic heterocycles. The molecule has 0 amide bonds. The molecule has 0 radical (unpaired) electrons. The standard InChI is InChI=1S/C22H25ClN2OS/c1-26-21-9-14-27(17-21)22-8-3-2-5-18(22)16-24-10-12-25(13-11-24)20-7-4-6-19(23)15-20/h2-9,14-15,17,27H,10-13,16H2,1H3. The Kier molecular flexibility index (Phi) is 5.77. The first-order chi connectivity index (χ1) is 13.2. The number of rotatable bonds is 5. The molecule has 0 bridgehead atoms. The maximum atomic E-state index is 6.15. The van der Waals surface area contributed by atoms with Crippen molar-refractivity contribution in [1.82, 2.24) is 4.90 Å². The second kappa shape index (κ2) is 8.42. The van der Waals surface area contributed by atoms with Gasteiger partial charge in [0.05, 0.1) is 7.11 Å². The molecule has 4 rings (SSSR count). The number of thiol groups is 1. The van der Waals surface area contributed by atoms with Crippen molar-refractivity contribution in [1.29, 1.82) is 0 Å². The average Bonchev–Trinajstić information content (AvgIpc) is 3.18. The quantitative estimate of drug-likeness (QED) is 0.708. The maximum Gasteiger partial charge on any atom is 0.124 e. The van der Waals surface area contributed by atoms with Gasteiger partial charge in [0.25, 0.3) is 0 Å². The Bertz CT molecular complexity index is 859. The Balaban J connectivity index is 1.41. The van der Waals surface area contributed by atoms with Crippen LogP contribution in [0.4, 0.5) is 5.69 Å². The van der Waals surface area contributed by atoms with Crippen LogP contribution in [0.2, 0.25) is 5.02 Å². The fraction of sp³-hybridized carbons (Fsp3) is 0.273. The van der Waals surface area contributed by atoms with Gasteiger partial charge in [-0.15, -0.1) is 0 Å². The molecule has 142 valence electrons. The molecule has 0 N–H and O–H groups in total. The normalized spacial score (nSPS) is 21.3. The topological polar surface area (TPSA) is 15.7 Å². The van der Waals surface area contributed by atoms with Gasteiger partial charge in [-0.3, -0.25) is 4.90 Å². The van der Waals surface area contributed by atoms with Crippen molar-refractivity contribution in [2.24, 2.45) is 0 Å². The number of nitrogens with zero attached hydrogens (tertiary/aromatic N) is 2. The Hall–Kier alpha value is -1.88. The van der Waals surface area contributed by atoms with Crippen LogP contribution in [0.1, 0.15) is 5.56 Å². The number of methoxy groups -OCH3 is 1. The third-order valence-electron chi connectivity index (χ3n) is 5.11. The highest BCUT2D eigenvalue weighted by atomic mass is 35.5. The largest absolute Gasteiger partial charge is 0.496 e. The predicted molar refractivity (Wildman–Crippen MR) is 117 cm³/mol. The Labute approximate surface area is 169 Å². The molecule has 1 saturated heterocycles. The number of hydrogen-bond acceptors (Lipinski definition) is 3. The number of benzene rings is 2. The van der Waals surface area contributed by atoms with E-state index in [2.05, 4.69) is 63.1 Å². The van der Waals surface area contributed by atoms with Crippen LogP contribution in [0, 0.1) is 0 Å². The minimum atomic E-state index is -0.401. The van der Waals surface area contributed by atoms with E-state index in [1.54, 1.807) is 7.11 Å². The summed E-state index contributed by atoms with van der Waals surface area (Å²) in [6.07, 6.45) is 2.09. The minimum absolute atomic E-state index is 0.401. The molecule has 2 aliphatic rings. The van der Waals surface area contributed by atoms with Gasteiger partial charge in [-0.25, -0.2) is 0 Å². The summed E-state index contributed by atoms with van der Waals surface area (Å²) in [7, 11) is 1.34. The SMILES string of the molecule is COC1=C[SH](c2ccccc2CN2CCN(c3cccc(Cl)c3)CC2)C=C1. The smallest absolute Gasteiger partial charge is 0.124 e. The first-order valence-electron chi connectivity index (χ1n) is 9.26. The van der Waals surface area contributed by atoms with Crippen molar-refractivity contribution in [3.63, 3.8) is 0 Å². The van der Waals surface area contributed by atoms with E-state index in [4.69, 9.17) is 16.3 Å². The van der Waals surface area contributed by atoms with Crippen molar-refractivity contribution in [2.45, 2.75) is 11.4 Å². The maximum absolute atomic E-state index is 6.15. The van der Waals surface area contributed by atoms with Crippen LogP contribution < -0.4 is 4.90 Å². The third-order valence-corrected chi connectivity index (χ3v) is 7.34. The molecule has 5 heteroatoms. The first kappa shape index (κ1) is 18.5.